The number of carbonyl (C=O) groups excluding carboxylic acids is 1. The summed E-state index contributed by atoms with van der Waals surface area (Å²) < 4.78 is 27.6. The van der Waals surface area contributed by atoms with Crippen LogP contribution in [0.2, 0.25) is 0 Å². The number of carbonyl (C=O) groups is 1. The number of alkyl halides is 2. The van der Waals surface area contributed by atoms with Crippen LogP contribution in [0.5, 0.6) is 0 Å². The summed E-state index contributed by atoms with van der Waals surface area (Å²) in [5.41, 5.74) is 2.30. The molecule has 1 saturated heterocycles. The van der Waals surface area contributed by atoms with Crippen molar-refractivity contribution < 1.29 is 13.6 Å². The predicted molar refractivity (Wildman–Crippen MR) is 109 cm³/mol. The van der Waals surface area contributed by atoms with Gasteiger partial charge in [0, 0.05) is 49.8 Å². The maximum Gasteiger partial charge on any atom is 0.259 e. The normalized spacial score (nSPS) is 16.6. The first-order chi connectivity index (χ1) is 13.3. The van der Waals surface area contributed by atoms with E-state index in [0.29, 0.717) is 47.6 Å². The zero-order valence-electron chi connectivity index (χ0n) is 16.7. The molecule has 2 heterocycles. The van der Waals surface area contributed by atoms with Crippen LogP contribution in [-0.2, 0) is 0 Å². The number of rotatable bonds is 4. The number of hydrogen-bond donors (Lipinski definition) is 1. The fraction of sp³-hybridized carbons (Fsp3) is 0.455. The van der Waals surface area contributed by atoms with Gasteiger partial charge in [-0.15, -0.1) is 0 Å². The van der Waals surface area contributed by atoms with Crippen LogP contribution < -0.4 is 10.2 Å². The van der Waals surface area contributed by atoms with Gasteiger partial charge in [0.1, 0.15) is 5.82 Å². The lowest BCUT2D eigenvalue weighted by atomic mass is 10.0. The molecule has 1 amide bonds. The predicted octanol–water partition coefficient (Wildman–Crippen LogP) is 4.60. The zero-order valence-corrected chi connectivity index (χ0v) is 16.7. The molecule has 1 fully saturated rings. The van der Waals surface area contributed by atoms with Gasteiger partial charge in [-0.05, 0) is 31.9 Å². The number of anilines is 1. The minimum Gasteiger partial charge on any atom is -0.356 e. The van der Waals surface area contributed by atoms with Gasteiger partial charge in [-0.25, -0.2) is 13.8 Å². The molecule has 0 aliphatic carbocycles. The van der Waals surface area contributed by atoms with Gasteiger partial charge in [-0.2, -0.15) is 0 Å². The first kappa shape index (κ1) is 21.6. The van der Waals surface area contributed by atoms with Crippen LogP contribution in [0.15, 0.2) is 30.6 Å². The summed E-state index contributed by atoms with van der Waals surface area (Å²) in [6, 6.07) is 0. The van der Waals surface area contributed by atoms with Gasteiger partial charge in [0.2, 0.25) is 5.92 Å². The Morgan fingerprint density at radius 3 is 2.82 bits per heavy atom. The minimum absolute atomic E-state index is 0.150. The number of aromatic nitrogens is 1. The average Bonchev–Trinajstić information content (AvgIpc) is 2.85. The Morgan fingerprint density at radius 2 is 2.18 bits per heavy atom. The van der Waals surface area contributed by atoms with Crippen molar-refractivity contribution in [3.63, 3.8) is 0 Å². The maximum absolute atomic E-state index is 13.8. The molecule has 1 aromatic rings. The van der Waals surface area contributed by atoms with Crippen LogP contribution in [0.3, 0.4) is 0 Å². The Kier molecular flexibility index (Phi) is 7.33. The largest absolute Gasteiger partial charge is 0.356 e. The van der Waals surface area contributed by atoms with Crippen molar-refractivity contribution in [2.24, 2.45) is 0 Å². The molecular formula is C22H27F2N3O. The molecule has 0 spiro atoms. The second-order valence-electron chi connectivity index (χ2n) is 6.75. The van der Waals surface area contributed by atoms with E-state index in [4.69, 9.17) is 0 Å². The van der Waals surface area contributed by atoms with Crippen molar-refractivity contribution >= 4 is 11.7 Å². The van der Waals surface area contributed by atoms with Gasteiger partial charge in [0.25, 0.3) is 5.91 Å². The number of amides is 1. The van der Waals surface area contributed by atoms with Gasteiger partial charge in [-0.1, -0.05) is 31.4 Å². The van der Waals surface area contributed by atoms with E-state index in [1.165, 1.54) is 0 Å². The third kappa shape index (κ3) is 5.19. The Balaban J connectivity index is 2.50. The summed E-state index contributed by atoms with van der Waals surface area (Å²) in [5.74, 6) is 3.42. The third-order valence-electron chi connectivity index (χ3n) is 4.75. The summed E-state index contributed by atoms with van der Waals surface area (Å²) in [4.78, 5) is 19.3. The summed E-state index contributed by atoms with van der Waals surface area (Å²) in [6.45, 7) is 9.82. The average molecular weight is 387 g/mol. The molecule has 4 nitrogen and oxygen atoms in total. The van der Waals surface area contributed by atoms with Crippen LogP contribution in [0, 0.1) is 18.8 Å². The van der Waals surface area contributed by atoms with Gasteiger partial charge < -0.3 is 10.2 Å². The van der Waals surface area contributed by atoms with E-state index in [9.17, 15) is 13.6 Å². The number of hydrogen-bond acceptors (Lipinski definition) is 3. The van der Waals surface area contributed by atoms with Crippen LogP contribution in [-0.4, -0.2) is 29.9 Å². The molecule has 28 heavy (non-hydrogen) atoms. The molecule has 1 N–H and O–H groups in total. The Labute approximate surface area is 165 Å². The van der Waals surface area contributed by atoms with Gasteiger partial charge in [0.05, 0.1) is 5.56 Å². The molecule has 0 aromatic carbocycles. The Morgan fingerprint density at radius 1 is 1.43 bits per heavy atom. The summed E-state index contributed by atoms with van der Waals surface area (Å²) >= 11 is 0. The van der Waals surface area contributed by atoms with Crippen molar-refractivity contribution in [3.05, 3.63) is 47.3 Å². The van der Waals surface area contributed by atoms with Crippen LogP contribution in [0.25, 0.3) is 0 Å². The van der Waals surface area contributed by atoms with E-state index >= 15 is 0 Å². The molecule has 0 unspecified atom stereocenters. The Bertz CT molecular complexity index is 834. The smallest absolute Gasteiger partial charge is 0.259 e. The number of nitrogens with one attached hydrogen (secondary N) is 1. The number of halogens is 2. The summed E-state index contributed by atoms with van der Waals surface area (Å²) in [5, 5.41) is 2.81. The van der Waals surface area contributed by atoms with E-state index in [0.717, 1.165) is 0 Å². The van der Waals surface area contributed by atoms with Crippen molar-refractivity contribution in [2.45, 2.75) is 52.4 Å². The van der Waals surface area contributed by atoms with E-state index in [1.54, 1.807) is 30.2 Å². The molecule has 1 aliphatic rings. The summed E-state index contributed by atoms with van der Waals surface area (Å²) in [6.07, 6.45) is 5.54. The van der Waals surface area contributed by atoms with Gasteiger partial charge in [-0.3, -0.25) is 4.79 Å². The topological polar surface area (TPSA) is 45.2 Å². The SMILES string of the molecule is C=C/C(=C\C)NC(=O)c1c(N2CCCC(F)(F)CC2)ncc(C#CCC)c1C. The molecule has 0 atom stereocenters. The minimum atomic E-state index is -2.68. The van der Waals surface area contributed by atoms with E-state index < -0.39 is 5.92 Å². The zero-order chi connectivity index (χ0) is 20.7. The van der Waals surface area contributed by atoms with Gasteiger partial charge in [0.15, 0.2) is 0 Å². The highest BCUT2D eigenvalue weighted by atomic mass is 19.3. The van der Waals surface area contributed by atoms with Crippen molar-refractivity contribution in [1.29, 1.82) is 0 Å². The number of allylic oxidation sites excluding steroid dienone is 2. The number of nitrogens with zero attached hydrogens (tertiary/aromatic N) is 2. The highest BCUT2D eigenvalue weighted by molar-refractivity contribution is 6.02. The first-order valence-corrected chi connectivity index (χ1v) is 9.54. The highest BCUT2D eigenvalue weighted by Crippen LogP contribution is 2.31. The lowest BCUT2D eigenvalue weighted by Gasteiger charge is -2.25. The highest BCUT2D eigenvalue weighted by Gasteiger charge is 2.33. The number of pyridine rings is 1. The van der Waals surface area contributed by atoms with Crippen LogP contribution in [0.1, 0.15) is 61.0 Å². The second kappa shape index (κ2) is 9.50. The standard InChI is InChI=1S/C22H27F2N3O/c1-5-8-10-17-15-25-20(27-13-9-11-22(23,24)12-14-27)19(16(17)4)21(28)26-18(6-2)7-3/h6-7,15H,2,5,9,11-14H2,1,3-4H3,(H,26,28)/b18-7+. The van der Waals surface area contributed by atoms with Crippen molar-refractivity contribution in [2.75, 3.05) is 18.0 Å². The molecule has 0 bridgehead atoms. The molecule has 0 saturated carbocycles. The lowest BCUT2D eigenvalue weighted by molar-refractivity contribution is -0.0102. The van der Waals surface area contributed by atoms with Crippen molar-refractivity contribution in [3.8, 4) is 11.8 Å². The fourth-order valence-corrected chi connectivity index (χ4v) is 3.12. The van der Waals surface area contributed by atoms with Crippen LogP contribution in [0.4, 0.5) is 14.6 Å². The quantitative estimate of drug-likeness (QED) is 0.607. The first-order valence-electron chi connectivity index (χ1n) is 9.54. The Hall–Kier alpha value is -2.68. The molecule has 6 heteroatoms. The molecular weight excluding hydrogens is 360 g/mol. The monoisotopic (exact) mass is 387 g/mol. The summed E-state index contributed by atoms with van der Waals surface area (Å²) in [7, 11) is 0. The van der Waals surface area contributed by atoms with Gasteiger partial charge >= 0.3 is 0 Å². The van der Waals surface area contributed by atoms with Crippen LogP contribution >= 0.6 is 0 Å². The lowest BCUT2D eigenvalue weighted by Crippen LogP contribution is -2.31. The van der Waals surface area contributed by atoms with Crippen molar-refractivity contribution in [1.82, 2.24) is 10.3 Å². The molecule has 1 aromatic heterocycles. The molecule has 2 rings (SSSR count). The maximum atomic E-state index is 13.8. The third-order valence-corrected chi connectivity index (χ3v) is 4.75. The molecule has 1 aliphatic heterocycles. The van der Waals surface area contributed by atoms with E-state index in [2.05, 4.69) is 28.7 Å². The van der Waals surface area contributed by atoms with E-state index in [1.807, 2.05) is 13.8 Å². The van der Waals surface area contributed by atoms with E-state index in [-0.39, 0.29) is 25.3 Å². The second-order valence-corrected chi connectivity index (χ2v) is 6.75. The molecule has 0 radical (unpaired) electrons. The fourth-order valence-electron chi connectivity index (χ4n) is 3.12. The molecule has 150 valence electrons.